The predicted octanol–water partition coefficient (Wildman–Crippen LogP) is 3.63. The number of aromatic nitrogens is 8. The largest absolute Gasteiger partial charge is 0.264 e. The van der Waals surface area contributed by atoms with Gasteiger partial charge in [0, 0.05) is 23.0 Å². The molecule has 0 spiro atoms. The van der Waals surface area contributed by atoms with E-state index >= 15 is 0 Å². The van der Waals surface area contributed by atoms with Crippen LogP contribution in [0, 0.1) is 0 Å². The van der Waals surface area contributed by atoms with Crippen molar-refractivity contribution in [3.05, 3.63) is 60.0 Å². The molecule has 27 heavy (non-hydrogen) atoms. The van der Waals surface area contributed by atoms with Gasteiger partial charge in [-0.3, -0.25) is 4.98 Å². The van der Waals surface area contributed by atoms with Crippen LogP contribution in [0.4, 0.5) is 0 Å². The lowest BCUT2D eigenvalue weighted by atomic mass is 10.2. The van der Waals surface area contributed by atoms with E-state index in [1.54, 1.807) is 33.7 Å². The molecule has 0 radical (unpaired) electrons. The number of tetrazole rings is 1. The van der Waals surface area contributed by atoms with Crippen molar-refractivity contribution in [1.82, 2.24) is 39.8 Å². The van der Waals surface area contributed by atoms with Gasteiger partial charge < -0.3 is 0 Å². The summed E-state index contributed by atoms with van der Waals surface area (Å²) in [6.07, 6.45) is 5.40. The number of hydrogen-bond donors (Lipinski definition) is 0. The molecule has 0 bridgehead atoms. The third-order valence-electron chi connectivity index (χ3n) is 3.67. The third-order valence-corrected chi connectivity index (χ3v) is 5.84. The van der Waals surface area contributed by atoms with E-state index in [2.05, 4.69) is 30.6 Å². The van der Waals surface area contributed by atoms with Crippen molar-refractivity contribution in [2.24, 2.45) is 0 Å². The van der Waals surface area contributed by atoms with Gasteiger partial charge in [-0.1, -0.05) is 22.9 Å². The lowest BCUT2D eigenvalue weighted by molar-refractivity contribution is 0.755. The topological polar surface area (TPSA) is 86.7 Å². The van der Waals surface area contributed by atoms with E-state index in [0.29, 0.717) is 10.2 Å². The van der Waals surface area contributed by atoms with Crippen LogP contribution in [-0.4, -0.2) is 39.8 Å². The summed E-state index contributed by atoms with van der Waals surface area (Å²) in [7, 11) is 0. The molecule has 0 aliphatic rings. The number of nitrogens with zero attached hydrogens (tertiary/aromatic N) is 8. The molecule has 0 atom stereocenters. The van der Waals surface area contributed by atoms with Crippen LogP contribution in [0.25, 0.3) is 21.9 Å². The monoisotopic (exact) mass is 412 g/mol. The van der Waals surface area contributed by atoms with Crippen molar-refractivity contribution < 1.29 is 0 Å². The van der Waals surface area contributed by atoms with Gasteiger partial charge in [-0.15, -0.1) is 10.2 Å². The van der Waals surface area contributed by atoms with Crippen molar-refractivity contribution in [3.8, 4) is 16.9 Å². The molecule has 11 heteroatoms. The first-order chi connectivity index (χ1) is 13.3. The van der Waals surface area contributed by atoms with E-state index in [0.717, 1.165) is 26.2 Å². The van der Waals surface area contributed by atoms with Gasteiger partial charge in [0.25, 0.3) is 0 Å². The molecule has 8 nitrogen and oxygen atoms in total. The second-order valence-corrected chi connectivity index (χ2v) is 8.02. The van der Waals surface area contributed by atoms with Gasteiger partial charge in [0.2, 0.25) is 10.1 Å². The first-order valence-corrected chi connectivity index (χ1v) is 9.76. The van der Waals surface area contributed by atoms with E-state index in [4.69, 9.17) is 11.6 Å². The number of pyridine rings is 1. The van der Waals surface area contributed by atoms with Crippen LogP contribution in [0.15, 0.2) is 64.5 Å². The zero-order valence-corrected chi connectivity index (χ0v) is 15.9. The summed E-state index contributed by atoms with van der Waals surface area (Å²) in [5.41, 5.74) is 2.62. The summed E-state index contributed by atoms with van der Waals surface area (Å²) in [5.74, 6) is 0. The fourth-order valence-corrected chi connectivity index (χ4v) is 4.39. The van der Waals surface area contributed by atoms with Gasteiger partial charge in [0.1, 0.15) is 0 Å². The standard InChI is InChI=1S/C16H9ClN8S2/c17-11-3-5-12(6-4-11)25-15(20-22-23-25)27-16-21-24-9-13(19-14(24)26-16)10-2-1-7-18-8-10/h1-9H. The molecule has 1 aromatic carbocycles. The average molecular weight is 413 g/mol. The van der Waals surface area contributed by atoms with E-state index in [-0.39, 0.29) is 0 Å². The highest BCUT2D eigenvalue weighted by Crippen LogP contribution is 2.32. The fraction of sp³-hybridized carbons (Fsp3) is 0. The average Bonchev–Trinajstić information content (AvgIpc) is 3.38. The van der Waals surface area contributed by atoms with Crippen molar-refractivity contribution in [1.29, 1.82) is 0 Å². The molecule has 0 fully saturated rings. The highest BCUT2D eigenvalue weighted by molar-refractivity contribution is 8.01. The molecule has 0 aliphatic carbocycles. The molecule has 4 aromatic heterocycles. The Balaban J connectivity index is 1.43. The molecular weight excluding hydrogens is 404 g/mol. The fourth-order valence-electron chi connectivity index (χ4n) is 2.44. The second-order valence-electron chi connectivity index (χ2n) is 5.41. The Morgan fingerprint density at radius 2 is 2.00 bits per heavy atom. The molecule has 0 saturated heterocycles. The molecule has 132 valence electrons. The van der Waals surface area contributed by atoms with Crippen LogP contribution in [0.3, 0.4) is 0 Å². The van der Waals surface area contributed by atoms with Crippen molar-refractivity contribution in [2.75, 3.05) is 0 Å². The number of fused-ring (bicyclic) bond motifs is 1. The van der Waals surface area contributed by atoms with Crippen molar-refractivity contribution in [3.63, 3.8) is 0 Å². The van der Waals surface area contributed by atoms with E-state index in [9.17, 15) is 0 Å². The Morgan fingerprint density at radius 1 is 1.11 bits per heavy atom. The van der Waals surface area contributed by atoms with Crippen LogP contribution < -0.4 is 0 Å². The maximum absolute atomic E-state index is 5.94. The quantitative estimate of drug-likeness (QED) is 0.445. The Labute approximate surface area is 165 Å². The number of halogens is 1. The van der Waals surface area contributed by atoms with Gasteiger partial charge in [0.15, 0.2) is 4.34 Å². The first kappa shape index (κ1) is 16.4. The molecule has 0 unspecified atom stereocenters. The van der Waals surface area contributed by atoms with Gasteiger partial charge in [0.05, 0.1) is 17.6 Å². The maximum atomic E-state index is 5.94. The summed E-state index contributed by atoms with van der Waals surface area (Å²) >= 11 is 8.79. The first-order valence-electron chi connectivity index (χ1n) is 7.75. The SMILES string of the molecule is Clc1ccc(-n2nnnc2Sc2nn3cc(-c4cccnc4)nc3s2)cc1. The van der Waals surface area contributed by atoms with Gasteiger partial charge in [-0.2, -0.15) is 4.68 Å². The Hall–Kier alpha value is -2.82. The van der Waals surface area contributed by atoms with E-state index in [1.807, 2.05) is 30.5 Å². The number of hydrogen-bond acceptors (Lipinski definition) is 8. The summed E-state index contributed by atoms with van der Waals surface area (Å²) < 4.78 is 4.19. The molecule has 4 heterocycles. The molecule has 0 saturated carbocycles. The lowest BCUT2D eigenvalue weighted by Gasteiger charge is -2.02. The van der Waals surface area contributed by atoms with Gasteiger partial charge in [-0.25, -0.2) is 9.50 Å². The molecule has 5 aromatic rings. The minimum Gasteiger partial charge on any atom is -0.264 e. The van der Waals surface area contributed by atoms with E-state index < -0.39 is 0 Å². The Kier molecular flexibility index (Phi) is 4.07. The van der Waals surface area contributed by atoms with Crippen LogP contribution >= 0.6 is 34.7 Å². The summed E-state index contributed by atoms with van der Waals surface area (Å²) in [6, 6.07) is 11.2. The van der Waals surface area contributed by atoms with Crippen LogP contribution in [0.1, 0.15) is 0 Å². The normalized spacial score (nSPS) is 11.3. The molecule has 0 amide bonds. The number of rotatable bonds is 4. The lowest BCUT2D eigenvalue weighted by Crippen LogP contribution is -1.98. The summed E-state index contributed by atoms with van der Waals surface area (Å²) in [6.45, 7) is 0. The summed E-state index contributed by atoms with van der Waals surface area (Å²) in [5, 5.41) is 17.7. The highest BCUT2D eigenvalue weighted by Gasteiger charge is 2.15. The maximum Gasteiger partial charge on any atom is 0.221 e. The third kappa shape index (κ3) is 3.18. The molecule has 5 rings (SSSR count). The Morgan fingerprint density at radius 3 is 2.78 bits per heavy atom. The van der Waals surface area contributed by atoms with Gasteiger partial charge >= 0.3 is 0 Å². The minimum absolute atomic E-state index is 0.613. The zero-order valence-electron chi connectivity index (χ0n) is 13.5. The Bertz CT molecular complexity index is 1180. The van der Waals surface area contributed by atoms with E-state index in [1.165, 1.54) is 23.1 Å². The second kappa shape index (κ2) is 6.72. The van der Waals surface area contributed by atoms with Crippen molar-refractivity contribution >= 4 is 39.7 Å². The molecule has 0 N–H and O–H groups in total. The molecule has 0 aliphatic heterocycles. The van der Waals surface area contributed by atoms with Crippen LogP contribution in [0.5, 0.6) is 0 Å². The number of benzene rings is 1. The highest BCUT2D eigenvalue weighted by atomic mass is 35.5. The van der Waals surface area contributed by atoms with Gasteiger partial charge in [-0.05, 0) is 58.6 Å². The molecular formula is C16H9ClN8S2. The summed E-state index contributed by atoms with van der Waals surface area (Å²) in [4.78, 5) is 9.53. The van der Waals surface area contributed by atoms with Crippen LogP contribution in [-0.2, 0) is 0 Å². The zero-order chi connectivity index (χ0) is 18.2. The predicted molar refractivity (Wildman–Crippen MR) is 102 cm³/mol. The smallest absolute Gasteiger partial charge is 0.221 e. The van der Waals surface area contributed by atoms with Crippen LogP contribution in [0.2, 0.25) is 5.02 Å². The number of imidazole rings is 1. The van der Waals surface area contributed by atoms with Crippen molar-refractivity contribution in [2.45, 2.75) is 9.50 Å². The minimum atomic E-state index is 0.613.